The number of carbonyl (C=O) groups excluding carboxylic acids is 1. The lowest BCUT2D eigenvalue weighted by atomic mass is 9.97. The minimum atomic E-state index is -0.0708. The number of hydrogen-bond acceptors (Lipinski definition) is 5. The minimum absolute atomic E-state index is 0.0708. The Morgan fingerprint density at radius 1 is 1.00 bits per heavy atom. The van der Waals surface area contributed by atoms with Crippen LogP contribution in [0.25, 0.3) is 6.08 Å². The van der Waals surface area contributed by atoms with Crippen LogP contribution in [0.4, 0.5) is 5.69 Å². The van der Waals surface area contributed by atoms with Gasteiger partial charge in [-0.25, -0.2) is 0 Å². The highest BCUT2D eigenvalue weighted by Crippen LogP contribution is 2.31. The van der Waals surface area contributed by atoms with Crippen LogP contribution in [-0.4, -0.2) is 40.7 Å². The summed E-state index contributed by atoms with van der Waals surface area (Å²) in [5.41, 5.74) is 3.10. The van der Waals surface area contributed by atoms with E-state index >= 15 is 0 Å². The second-order valence-electron chi connectivity index (χ2n) is 6.47. The Bertz CT molecular complexity index is 856. The molecule has 0 saturated carbocycles. The Kier molecular flexibility index (Phi) is 7.50. The number of anilines is 1. The van der Waals surface area contributed by atoms with Gasteiger partial charge in [0.1, 0.15) is 17.2 Å². The molecule has 2 aromatic carbocycles. The first-order valence-electron chi connectivity index (χ1n) is 9.36. The van der Waals surface area contributed by atoms with Crippen LogP contribution in [0, 0.1) is 0 Å². The fourth-order valence-electron chi connectivity index (χ4n) is 2.95. The van der Waals surface area contributed by atoms with Crippen LogP contribution in [-0.2, 0) is 0 Å². The molecular formula is C23H29NO4. The summed E-state index contributed by atoms with van der Waals surface area (Å²) in [6.45, 7) is 4.53. The number of methoxy groups -OCH3 is 2. The van der Waals surface area contributed by atoms with Crippen molar-refractivity contribution in [3.8, 4) is 17.2 Å². The molecule has 0 aromatic heterocycles. The fraction of sp³-hybridized carbons (Fsp3) is 0.348. The Labute approximate surface area is 167 Å². The third-order valence-corrected chi connectivity index (χ3v) is 4.43. The molecule has 0 spiro atoms. The highest BCUT2D eigenvalue weighted by molar-refractivity contribution is 6.13. The number of rotatable bonds is 9. The number of hydrogen-bond donors (Lipinski definition) is 0. The molecule has 0 fully saturated rings. The molecule has 150 valence electrons. The lowest BCUT2D eigenvalue weighted by molar-refractivity contribution is 0.102. The summed E-state index contributed by atoms with van der Waals surface area (Å²) >= 11 is 0. The molecule has 5 nitrogen and oxygen atoms in total. The lowest BCUT2D eigenvalue weighted by Crippen LogP contribution is -2.11. The van der Waals surface area contributed by atoms with E-state index in [9.17, 15) is 4.79 Å². The predicted octanol–water partition coefficient (Wildman–Crippen LogP) is 4.84. The number of ether oxygens (including phenoxy) is 3. The van der Waals surface area contributed by atoms with E-state index in [1.807, 2.05) is 57.1 Å². The van der Waals surface area contributed by atoms with Crippen molar-refractivity contribution in [2.75, 3.05) is 39.8 Å². The minimum Gasteiger partial charge on any atom is -0.497 e. The zero-order valence-corrected chi connectivity index (χ0v) is 17.5. The number of benzene rings is 2. The van der Waals surface area contributed by atoms with Gasteiger partial charge in [0.05, 0.1) is 32.1 Å². The van der Waals surface area contributed by atoms with Gasteiger partial charge < -0.3 is 19.1 Å². The molecule has 0 aliphatic rings. The van der Waals surface area contributed by atoms with Gasteiger partial charge in [-0.2, -0.15) is 0 Å². The summed E-state index contributed by atoms with van der Waals surface area (Å²) in [6, 6.07) is 11.2. The predicted molar refractivity (Wildman–Crippen MR) is 114 cm³/mol. The summed E-state index contributed by atoms with van der Waals surface area (Å²) in [5.74, 6) is 1.91. The maximum absolute atomic E-state index is 13.2. The van der Waals surface area contributed by atoms with Gasteiger partial charge in [0, 0.05) is 19.7 Å². The van der Waals surface area contributed by atoms with Crippen LogP contribution in [0.1, 0.15) is 36.2 Å². The first kappa shape index (κ1) is 21.4. The van der Waals surface area contributed by atoms with Crippen molar-refractivity contribution in [1.29, 1.82) is 0 Å². The highest BCUT2D eigenvalue weighted by atomic mass is 16.5. The largest absolute Gasteiger partial charge is 0.497 e. The highest BCUT2D eigenvalue weighted by Gasteiger charge is 2.17. The number of allylic oxidation sites excluding steroid dienone is 1. The van der Waals surface area contributed by atoms with Crippen molar-refractivity contribution in [2.45, 2.75) is 20.3 Å². The lowest BCUT2D eigenvalue weighted by Gasteiger charge is -2.18. The Balaban J connectivity index is 2.46. The van der Waals surface area contributed by atoms with Gasteiger partial charge in [-0.15, -0.1) is 0 Å². The smallest absolute Gasteiger partial charge is 0.192 e. The Hall–Kier alpha value is -2.95. The molecule has 0 bridgehead atoms. The molecule has 2 aromatic rings. The third kappa shape index (κ3) is 4.85. The van der Waals surface area contributed by atoms with Crippen LogP contribution in [0.2, 0.25) is 0 Å². The van der Waals surface area contributed by atoms with E-state index in [1.54, 1.807) is 32.4 Å². The van der Waals surface area contributed by atoms with Gasteiger partial charge in [-0.1, -0.05) is 13.0 Å². The van der Waals surface area contributed by atoms with Gasteiger partial charge in [0.15, 0.2) is 5.78 Å². The van der Waals surface area contributed by atoms with Gasteiger partial charge in [-0.05, 0) is 55.3 Å². The summed E-state index contributed by atoms with van der Waals surface area (Å²) < 4.78 is 16.3. The van der Waals surface area contributed by atoms with Crippen molar-refractivity contribution in [3.05, 3.63) is 53.1 Å². The molecule has 0 amide bonds. The quantitative estimate of drug-likeness (QED) is 0.458. The van der Waals surface area contributed by atoms with E-state index in [0.717, 1.165) is 17.0 Å². The fourth-order valence-corrected chi connectivity index (χ4v) is 2.95. The molecular weight excluding hydrogens is 354 g/mol. The SMILES string of the molecule is CCOc1ccc(C=C(CC)C(=O)c2cc(OC)ccc2OC)cc1N(C)C. The van der Waals surface area contributed by atoms with Crippen LogP contribution < -0.4 is 19.1 Å². The number of nitrogens with zero attached hydrogens (tertiary/aromatic N) is 1. The zero-order valence-electron chi connectivity index (χ0n) is 17.5. The van der Waals surface area contributed by atoms with E-state index in [1.165, 1.54) is 0 Å². The number of carbonyl (C=O) groups is 1. The van der Waals surface area contributed by atoms with Gasteiger partial charge >= 0.3 is 0 Å². The van der Waals surface area contributed by atoms with E-state index in [0.29, 0.717) is 35.7 Å². The Morgan fingerprint density at radius 3 is 2.29 bits per heavy atom. The maximum atomic E-state index is 13.2. The van der Waals surface area contributed by atoms with E-state index < -0.39 is 0 Å². The normalized spacial score (nSPS) is 11.1. The first-order chi connectivity index (χ1) is 13.4. The van der Waals surface area contributed by atoms with Crippen molar-refractivity contribution in [1.82, 2.24) is 0 Å². The van der Waals surface area contributed by atoms with Gasteiger partial charge in [0.25, 0.3) is 0 Å². The second kappa shape index (κ2) is 9.83. The molecule has 0 heterocycles. The van der Waals surface area contributed by atoms with E-state index in [4.69, 9.17) is 14.2 Å². The standard InChI is InChI=1S/C23H29NO4/c1-7-17(23(25)19-15-18(26-5)10-12-21(19)27-6)13-16-9-11-22(28-8-2)20(14-16)24(3)4/h9-15H,7-8H2,1-6H3. The van der Waals surface area contributed by atoms with Crippen LogP contribution >= 0.6 is 0 Å². The third-order valence-electron chi connectivity index (χ3n) is 4.43. The van der Waals surface area contributed by atoms with E-state index in [2.05, 4.69) is 0 Å². The molecule has 0 atom stereocenters. The molecule has 28 heavy (non-hydrogen) atoms. The molecule has 2 rings (SSSR count). The van der Waals surface area contributed by atoms with Crippen molar-refractivity contribution >= 4 is 17.5 Å². The molecule has 0 N–H and O–H groups in total. The average Bonchev–Trinajstić information content (AvgIpc) is 2.71. The zero-order chi connectivity index (χ0) is 20.7. The van der Waals surface area contributed by atoms with Crippen molar-refractivity contribution in [3.63, 3.8) is 0 Å². The first-order valence-corrected chi connectivity index (χ1v) is 9.36. The van der Waals surface area contributed by atoms with Crippen LogP contribution in [0.3, 0.4) is 0 Å². The average molecular weight is 383 g/mol. The van der Waals surface area contributed by atoms with Gasteiger partial charge in [-0.3, -0.25) is 4.79 Å². The molecule has 0 radical (unpaired) electrons. The molecule has 0 aliphatic heterocycles. The summed E-state index contributed by atoms with van der Waals surface area (Å²) in [5, 5.41) is 0. The monoisotopic (exact) mass is 383 g/mol. The van der Waals surface area contributed by atoms with Gasteiger partial charge in [0.2, 0.25) is 0 Å². The molecule has 0 saturated heterocycles. The van der Waals surface area contributed by atoms with Crippen molar-refractivity contribution < 1.29 is 19.0 Å². The Morgan fingerprint density at radius 2 is 1.71 bits per heavy atom. The molecule has 5 heteroatoms. The number of Topliss-reactive ketones (excluding diaryl/α,β-unsaturated/α-hetero) is 1. The van der Waals surface area contributed by atoms with Crippen molar-refractivity contribution in [2.24, 2.45) is 0 Å². The molecule has 0 aliphatic carbocycles. The molecule has 0 unspecified atom stereocenters. The van der Waals surface area contributed by atoms with Crippen LogP contribution in [0.15, 0.2) is 42.0 Å². The van der Waals surface area contributed by atoms with Crippen LogP contribution in [0.5, 0.6) is 17.2 Å². The van der Waals surface area contributed by atoms with E-state index in [-0.39, 0.29) is 5.78 Å². The second-order valence-corrected chi connectivity index (χ2v) is 6.47. The summed E-state index contributed by atoms with van der Waals surface area (Å²) in [7, 11) is 7.08. The maximum Gasteiger partial charge on any atom is 0.192 e. The summed E-state index contributed by atoms with van der Waals surface area (Å²) in [4.78, 5) is 15.2. The topological polar surface area (TPSA) is 48.0 Å². The summed E-state index contributed by atoms with van der Waals surface area (Å²) in [6.07, 6.45) is 2.52. The number of ketones is 1.